The van der Waals surface area contributed by atoms with E-state index in [1.54, 1.807) is 26.0 Å². The van der Waals surface area contributed by atoms with Crippen molar-refractivity contribution in [2.24, 2.45) is 0 Å². The van der Waals surface area contributed by atoms with E-state index in [1.165, 1.54) is 18.2 Å². The first-order valence-electron chi connectivity index (χ1n) is 9.10. The normalized spacial score (nSPS) is 12.2. The molecule has 0 bridgehead atoms. The number of benzene rings is 2. The van der Waals surface area contributed by atoms with Crippen LogP contribution in [0.25, 0.3) is 0 Å². The van der Waals surface area contributed by atoms with Gasteiger partial charge in [0.05, 0.1) is 22.1 Å². The number of carbonyl (C=O) groups is 1. The monoisotopic (exact) mass is 453 g/mol. The van der Waals surface area contributed by atoms with E-state index in [9.17, 15) is 26.4 Å². The Bertz CT molecular complexity index is 1190. The van der Waals surface area contributed by atoms with Gasteiger partial charge in [-0.2, -0.15) is 13.2 Å². The van der Waals surface area contributed by atoms with Crippen molar-refractivity contribution in [3.63, 3.8) is 0 Å². The van der Waals surface area contributed by atoms with Crippen molar-refractivity contribution in [2.75, 3.05) is 5.32 Å². The molecule has 0 atom stereocenters. The Hall–Kier alpha value is -3.21. The summed E-state index contributed by atoms with van der Waals surface area (Å²) in [5.41, 5.74) is -0.465. The zero-order chi connectivity index (χ0) is 22.8. The van der Waals surface area contributed by atoms with Gasteiger partial charge in [-0.05, 0) is 49.7 Å². The molecule has 164 valence electrons. The van der Waals surface area contributed by atoms with E-state index in [0.717, 1.165) is 18.2 Å². The summed E-state index contributed by atoms with van der Waals surface area (Å²) in [6, 6.07) is 9.86. The molecular formula is C20H18F3N3O4S. The Labute approximate surface area is 176 Å². The Morgan fingerprint density at radius 2 is 1.77 bits per heavy atom. The molecule has 0 fully saturated rings. The molecule has 3 aromatic rings. The highest BCUT2D eigenvalue weighted by molar-refractivity contribution is 7.92. The predicted octanol–water partition coefficient (Wildman–Crippen LogP) is 4.11. The van der Waals surface area contributed by atoms with Crippen molar-refractivity contribution >= 4 is 21.8 Å². The van der Waals surface area contributed by atoms with Gasteiger partial charge in [-0.3, -0.25) is 10.1 Å². The molecule has 0 unspecified atom stereocenters. The summed E-state index contributed by atoms with van der Waals surface area (Å²) in [5, 5.41) is 9.16. The maximum atomic E-state index is 12.8. The Morgan fingerprint density at radius 1 is 1.10 bits per heavy atom. The lowest BCUT2D eigenvalue weighted by molar-refractivity contribution is -0.137. The third-order valence-corrected chi connectivity index (χ3v) is 6.54. The van der Waals surface area contributed by atoms with Crippen molar-refractivity contribution in [1.82, 2.24) is 10.2 Å². The number of alkyl halides is 3. The van der Waals surface area contributed by atoms with Crippen molar-refractivity contribution in [3.05, 3.63) is 71.1 Å². The van der Waals surface area contributed by atoms with Crippen molar-refractivity contribution < 1.29 is 30.8 Å². The van der Waals surface area contributed by atoms with E-state index in [0.29, 0.717) is 5.56 Å². The molecule has 7 nitrogen and oxygen atoms in total. The van der Waals surface area contributed by atoms with Gasteiger partial charge in [-0.25, -0.2) is 8.42 Å². The Kier molecular flexibility index (Phi) is 6.16. The largest absolute Gasteiger partial charge is 0.416 e. The number of nitrogens with zero attached hydrogens (tertiary/aromatic N) is 2. The maximum Gasteiger partial charge on any atom is 0.416 e. The van der Waals surface area contributed by atoms with Crippen LogP contribution < -0.4 is 5.32 Å². The van der Waals surface area contributed by atoms with Crippen LogP contribution in [0.3, 0.4) is 0 Å². The molecule has 0 saturated carbocycles. The summed E-state index contributed by atoms with van der Waals surface area (Å²) in [5.74, 6) is -0.691. The van der Waals surface area contributed by atoms with Gasteiger partial charge < -0.3 is 4.42 Å². The molecule has 3 rings (SSSR count). The molecule has 0 spiro atoms. The second-order valence-electron chi connectivity index (χ2n) is 6.95. The average Bonchev–Trinajstić information content (AvgIpc) is 3.14. The van der Waals surface area contributed by atoms with Gasteiger partial charge in [0, 0.05) is 5.56 Å². The van der Waals surface area contributed by atoms with Gasteiger partial charge in [0.25, 0.3) is 5.91 Å². The van der Waals surface area contributed by atoms with Gasteiger partial charge >= 0.3 is 12.2 Å². The van der Waals surface area contributed by atoms with Crippen LogP contribution in [0.4, 0.5) is 19.2 Å². The van der Waals surface area contributed by atoms with Gasteiger partial charge in [0.2, 0.25) is 5.89 Å². The number of anilines is 1. The number of carbonyl (C=O) groups excluding carboxylic acids is 1. The van der Waals surface area contributed by atoms with E-state index in [4.69, 9.17) is 4.42 Å². The summed E-state index contributed by atoms with van der Waals surface area (Å²) < 4.78 is 68.0. The molecule has 0 radical (unpaired) electrons. The first-order chi connectivity index (χ1) is 14.5. The Morgan fingerprint density at radius 3 is 2.39 bits per heavy atom. The van der Waals surface area contributed by atoms with Gasteiger partial charge in [0.1, 0.15) is 0 Å². The maximum absolute atomic E-state index is 12.8. The van der Waals surface area contributed by atoms with Crippen LogP contribution in [0.1, 0.15) is 41.2 Å². The fourth-order valence-electron chi connectivity index (χ4n) is 2.63. The minimum atomic E-state index is -4.57. The zero-order valence-electron chi connectivity index (χ0n) is 16.5. The third-order valence-electron chi connectivity index (χ3n) is 4.37. The number of halogens is 3. The van der Waals surface area contributed by atoms with E-state index in [1.807, 2.05) is 0 Å². The minimum Gasteiger partial charge on any atom is -0.407 e. The highest BCUT2D eigenvalue weighted by atomic mass is 32.2. The fraction of sp³-hybridized carbons (Fsp3) is 0.250. The number of hydrogen-bond acceptors (Lipinski definition) is 6. The quantitative estimate of drug-likeness (QED) is 0.603. The average molecular weight is 453 g/mol. The van der Waals surface area contributed by atoms with Crippen LogP contribution in [0.5, 0.6) is 0 Å². The second kappa shape index (κ2) is 8.50. The van der Waals surface area contributed by atoms with Crippen LogP contribution in [-0.2, 0) is 22.4 Å². The van der Waals surface area contributed by atoms with Gasteiger partial charge in [0.15, 0.2) is 9.84 Å². The SMILES string of the molecule is CC(C)S(=O)(=O)c1ccc(Cc2nnc(NC(=O)c3cccc(C(F)(F)F)c3)o2)cc1. The first-order valence-corrected chi connectivity index (χ1v) is 10.7. The van der Waals surface area contributed by atoms with Crippen LogP contribution in [0.15, 0.2) is 57.8 Å². The van der Waals surface area contributed by atoms with Crippen LogP contribution >= 0.6 is 0 Å². The topological polar surface area (TPSA) is 102 Å². The number of sulfone groups is 1. The summed E-state index contributed by atoms with van der Waals surface area (Å²) in [6.45, 7) is 3.19. The van der Waals surface area contributed by atoms with Crippen LogP contribution in [-0.4, -0.2) is 29.8 Å². The minimum absolute atomic E-state index is 0.138. The third kappa shape index (κ3) is 5.29. The lowest BCUT2D eigenvalue weighted by atomic mass is 10.1. The number of rotatable bonds is 6. The molecule has 0 saturated heterocycles. The van der Waals surface area contributed by atoms with E-state index in [2.05, 4.69) is 15.5 Å². The molecule has 1 amide bonds. The first kappa shape index (κ1) is 22.5. The summed E-state index contributed by atoms with van der Waals surface area (Å²) in [4.78, 5) is 12.4. The van der Waals surface area contributed by atoms with E-state index < -0.39 is 32.7 Å². The molecule has 0 aliphatic heterocycles. The van der Waals surface area contributed by atoms with Crippen molar-refractivity contribution in [3.8, 4) is 0 Å². The highest BCUT2D eigenvalue weighted by Crippen LogP contribution is 2.29. The smallest absolute Gasteiger partial charge is 0.407 e. The van der Waals surface area contributed by atoms with E-state index >= 15 is 0 Å². The lowest BCUT2D eigenvalue weighted by Crippen LogP contribution is -2.14. The fourth-order valence-corrected chi connectivity index (χ4v) is 3.69. The Balaban J connectivity index is 1.68. The zero-order valence-corrected chi connectivity index (χ0v) is 17.3. The van der Waals surface area contributed by atoms with Crippen molar-refractivity contribution in [2.45, 2.75) is 36.6 Å². The van der Waals surface area contributed by atoms with E-state index in [-0.39, 0.29) is 28.8 Å². The number of hydrogen-bond donors (Lipinski definition) is 1. The standard InChI is InChI=1S/C20H18F3N3O4S/c1-12(2)31(28,29)16-8-6-13(7-9-16)10-17-25-26-19(30-17)24-18(27)14-4-3-5-15(11-14)20(21,22)23/h3-9,11-12H,10H2,1-2H3,(H,24,26,27). The molecule has 0 aliphatic rings. The molecule has 1 aromatic heterocycles. The van der Waals surface area contributed by atoms with Crippen LogP contribution in [0.2, 0.25) is 0 Å². The van der Waals surface area contributed by atoms with Crippen molar-refractivity contribution in [1.29, 1.82) is 0 Å². The number of amides is 1. The summed E-state index contributed by atoms with van der Waals surface area (Å²) in [7, 11) is -3.38. The molecule has 1 heterocycles. The van der Waals surface area contributed by atoms with Crippen LogP contribution in [0, 0.1) is 0 Å². The number of nitrogens with one attached hydrogen (secondary N) is 1. The molecule has 0 aliphatic carbocycles. The highest BCUT2D eigenvalue weighted by Gasteiger charge is 2.31. The molecular weight excluding hydrogens is 435 g/mol. The number of aromatic nitrogens is 2. The lowest BCUT2D eigenvalue weighted by Gasteiger charge is -2.08. The van der Waals surface area contributed by atoms with Gasteiger partial charge in [-0.15, -0.1) is 5.10 Å². The second-order valence-corrected chi connectivity index (χ2v) is 9.45. The predicted molar refractivity (Wildman–Crippen MR) is 105 cm³/mol. The molecule has 1 N–H and O–H groups in total. The molecule has 11 heteroatoms. The molecule has 2 aromatic carbocycles. The summed E-state index contributed by atoms with van der Waals surface area (Å²) >= 11 is 0. The molecule has 31 heavy (non-hydrogen) atoms. The van der Waals surface area contributed by atoms with Gasteiger partial charge in [-0.1, -0.05) is 23.3 Å². The summed E-state index contributed by atoms with van der Waals surface area (Å²) in [6.07, 6.45) is -4.40.